The molecule has 0 saturated carbocycles. The summed E-state index contributed by atoms with van der Waals surface area (Å²) in [6, 6.07) is 0. The molecule has 1 rings (SSSR count). The normalized spacial score (nSPS) is 30.7. The second-order valence-electron chi connectivity index (χ2n) is 3.17. The van der Waals surface area contributed by atoms with E-state index >= 15 is 0 Å². The zero-order valence-electron chi connectivity index (χ0n) is 7.18. The Labute approximate surface area is 68.4 Å². The van der Waals surface area contributed by atoms with Gasteiger partial charge in [0.25, 0.3) is 0 Å². The average Bonchev–Trinajstić information content (AvgIpc) is 2.36. The highest BCUT2D eigenvalue weighted by atomic mass is 16.5. The van der Waals surface area contributed by atoms with Crippen LogP contribution in [0.4, 0.5) is 0 Å². The van der Waals surface area contributed by atoms with Crippen LogP contribution in [0.25, 0.3) is 0 Å². The molecular weight excluding hydrogens is 138 g/mol. The van der Waals surface area contributed by atoms with Gasteiger partial charge < -0.3 is 10.5 Å². The van der Waals surface area contributed by atoms with Crippen LogP contribution in [-0.4, -0.2) is 19.3 Å². The number of rotatable bonds is 3. The Balaban J connectivity index is 2.39. The molecule has 64 valence electrons. The van der Waals surface area contributed by atoms with Crippen molar-refractivity contribution in [2.24, 2.45) is 11.7 Å². The zero-order valence-corrected chi connectivity index (χ0v) is 7.18. The monoisotopic (exact) mass is 155 g/mol. The molecule has 2 unspecified atom stereocenters. The fourth-order valence-electron chi connectivity index (χ4n) is 1.64. The fraction of sp³-hybridized carbons (Fsp3) is 0.778. The maximum absolute atomic E-state index is 5.44. The van der Waals surface area contributed by atoms with Crippen LogP contribution in [0.2, 0.25) is 0 Å². The van der Waals surface area contributed by atoms with Gasteiger partial charge in [0.2, 0.25) is 0 Å². The zero-order chi connectivity index (χ0) is 8.27. The molecule has 11 heavy (non-hydrogen) atoms. The Hall–Kier alpha value is -0.340. The van der Waals surface area contributed by atoms with E-state index in [1.807, 2.05) is 0 Å². The van der Waals surface area contributed by atoms with E-state index in [1.54, 1.807) is 0 Å². The van der Waals surface area contributed by atoms with Gasteiger partial charge >= 0.3 is 0 Å². The average molecular weight is 155 g/mol. The topological polar surface area (TPSA) is 35.2 Å². The Morgan fingerprint density at radius 2 is 2.45 bits per heavy atom. The van der Waals surface area contributed by atoms with E-state index in [0.717, 1.165) is 19.4 Å². The van der Waals surface area contributed by atoms with Crippen molar-refractivity contribution in [1.29, 1.82) is 0 Å². The largest absolute Gasteiger partial charge is 0.378 e. The van der Waals surface area contributed by atoms with Crippen LogP contribution in [0, 0.1) is 5.92 Å². The van der Waals surface area contributed by atoms with Crippen molar-refractivity contribution in [3.05, 3.63) is 12.2 Å². The quantitative estimate of drug-likeness (QED) is 0.624. The molecule has 0 spiro atoms. The Morgan fingerprint density at radius 1 is 1.73 bits per heavy atom. The molecule has 2 N–H and O–H groups in total. The lowest BCUT2D eigenvalue weighted by atomic mass is 9.92. The lowest BCUT2D eigenvalue weighted by Crippen LogP contribution is -2.15. The van der Waals surface area contributed by atoms with Crippen molar-refractivity contribution >= 4 is 0 Å². The van der Waals surface area contributed by atoms with E-state index < -0.39 is 0 Å². The predicted molar refractivity (Wildman–Crippen MR) is 46.3 cm³/mol. The maximum Gasteiger partial charge on any atom is 0.0612 e. The minimum Gasteiger partial charge on any atom is -0.378 e. The van der Waals surface area contributed by atoms with Gasteiger partial charge in [-0.25, -0.2) is 0 Å². The Bertz CT molecular complexity index is 144. The molecule has 2 atom stereocenters. The lowest BCUT2D eigenvalue weighted by Gasteiger charge is -2.15. The molecule has 0 aromatic heterocycles. The summed E-state index contributed by atoms with van der Waals surface area (Å²) in [5, 5.41) is 0. The number of ether oxygens (including phenoxy) is 1. The van der Waals surface area contributed by atoms with Gasteiger partial charge in [-0.15, -0.1) is 0 Å². The van der Waals surface area contributed by atoms with Crippen LogP contribution in [0.3, 0.4) is 0 Å². The number of hydrogen-bond donors (Lipinski definition) is 1. The fourth-order valence-corrected chi connectivity index (χ4v) is 1.64. The SMILES string of the molecule is C=C(CCN)C1CCOC1C. The van der Waals surface area contributed by atoms with Crippen LogP contribution in [0.15, 0.2) is 12.2 Å². The first-order valence-corrected chi connectivity index (χ1v) is 4.25. The molecule has 0 bridgehead atoms. The van der Waals surface area contributed by atoms with Crippen LogP contribution < -0.4 is 5.73 Å². The minimum absolute atomic E-state index is 0.356. The van der Waals surface area contributed by atoms with Crippen molar-refractivity contribution in [1.82, 2.24) is 0 Å². The summed E-state index contributed by atoms with van der Waals surface area (Å²) >= 11 is 0. The van der Waals surface area contributed by atoms with Crippen LogP contribution in [0.1, 0.15) is 19.8 Å². The Kier molecular flexibility index (Phi) is 3.09. The molecule has 1 aliphatic heterocycles. The summed E-state index contributed by atoms with van der Waals surface area (Å²) in [5.74, 6) is 0.554. The number of hydrogen-bond acceptors (Lipinski definition) is 2. The first-order valence-electron chi connectivity index (χ1n) is 4.25. The molecule has 1 fully saturated rings. The van der Waals surface area contributed by atoms with E-state index in [9.17, 15) is 0 Å². The van der Waals surface area contributed by atoms with E-state index in [2.05, 4.69) is 13.5 Å². The van der Waals surface area contributed by atoms with Crippen molar-refractivity contribution in [2.45, 2.75) is 25.9 Å². The predicted octanol–water partition coefficient (Wildman–Crippen LogP) is 1.32. The van der Waals surface area contributed by atoms with Gasteiger partial charge in [0.15, 0.2) is 0 Å². The third-order valence-corrected chi connectivity index (χ3v) is 2.37. The van der Waals surface area contributed by atoms with Crippen molar-refractivity contribution in [3.63, 3.8) is 0 Å². The molecule has 1 heterocycles. The second-order valence-corrected chi connectivity index (χ2v) is 3.17. The standard InChI is InChI=1S/C9H17NO/c1-7(3-5-10)9-4-6-11-8(9)2/h8-9H,1,3-6,10H2,2H3. The highest BCUT2D eigenvalue weighted by Gasteiger charge is 2.25. The van der Waals surface area contributed by atoms with Gasteiger partial charge in [-0.05, 0) is 26.3 Å². The summed E-state index contributed by atoms with van der Waals surface area (Å²) in [4.78, 5) is 0. The van der Waals surface area contributed by atoms with Crippen molar-refractivity contribution < 1.29 is 4.74 Å². The third-order valence-electron chi connectivity index (χ3n) is 2.37. The summed E-state index contributed by atoms with van der Waals surface area (Å²) in [7, 11) is 0. The molecule has 0 radical (unpaired) electrons. The van der Waals surface area contributed by atoms with Crippen molar-refractivity contribution in [3.8, 4) is 0 Å². The number of nitrogens with two attached hydrogens (primary N) is 1. The van der Waals surface area contributed by atoms with Gasteiger partial charge in [-0.2, -0.15) is 0 Å². The van der Waals surface area contributed by atoms with Gasteiger partial charge in [0.05, 0.1) is 6.10 Å². The van der Waals surface area contributed by atoms with E-state index in [1.165, 1.54) is 5.57 Å². The van der Waals surface area contributed by atoms with E-state index in [-0.39, 0.29) is 0 Å². The van der Waals surface area contributed by atoms with Crippen LogP contribution >= 0.6 is 0 Å². The highest BCUT2D eigenvalue weighted by Crippen LogP contribution is 2.27. The van der Waals surface area contributed by atoms with Crippen molar-refractivity contribution in [2.75, 3.05) is 13.2 Å². The maximum atomic E-state index is 5.44. The minimum atomic E-state index is 0.356. The van der Waals surface area contributed by atoms with Gasteiger partial charge in [-0.1, -0.05) is 12.2 Å². The summed E-state index contributed by atoms with van der Waals surface area (Å²) in [5.41, 5.74) is 6.70. The first-order chi connectivity index (χ1) is 5.25. The molecule has 2 heteroatoms. The molecule has 0 aliphatic carbocycles. The smallest absolute Gasteiger partial charge is 0.0612 e. The summed E-state index contributed by atoms with van der Waals surface area (Å²) in [6.45, 7) is 7.72. The second kappa shape index (κ2) is 3.88. The molecule has 1 saturated heterocycles. The summed E-state index contributed by atoms with van der Waals surface area (Å²) in [6.07, 6.45) is 2.42. The molecular formula is C9H17NO. The van der Waals surface area contributed by atoms with Gasteiger partial charge in [0, 0.05) is 12.5 Å². The van der Waals surface area contributed by atoms with Gasteiger partial charge in [0.1, 0.15) is 0 Å². The van der Waals surface area contributed by atoms with Gasteiger partial charge in [-0.3, -0.25) is 0 Å². The first kappa shape index (κ1) is 8.75. The molecule has 0 amide bonds. The third kappa shape index (κ3) is 2.04. The van der Waals surface area contributed by atoms with E-state index in [4.69, 9.17) is 10.5 Å². The van der Waals surface area contributed by atoms with Crippen LogP contribution in [-0.2, 0) is 4.74 Å². The molecule has 0 aromatic rings. The molecule has 0 aromatic carbocycles. The summed E-state index contributed by atoms with van der Waals surface area (Å²) < 4.78 is 5.43. The van der Waals surface area contributed by atoms with Crippen LogP contribution in [0.5, 0.6) is 0 Å². The molecule has 1 aliphatic rings. The Morgan fingerprint density at radius 3 is 2.91 bits per heavy atom. The molecule has 2 nitrogen and oxygen atoms in total. The van der Waals surface area contributed by atoms with E-state index in [0.29, 0.717) is 18.6 Å². The lowest BCUT2D eigenvalue weighted by molar-refractivity contribution is 0.112. The highest BCUT2D eigenvalue weighted by molar-refractivity contribution is 5.04.